The summed E-state index contributed by atoms with van der Waals surface area (Å²) >= 11 is 0. The van der Waals surface area contributed by atoms with Crippen LogP contribution in [0, 0.1) is 13.8 Å². The van der Waals surface area contributed by atoms with E-state index in [4.69, 9.17) is 0 Å². The van der Waals surface area contributed by atoms with E-state index in [9.17, 15) is 14.7 Å². The molecule has 0 saturated heterocycles. The fourth-order valence-corrected chi connectivity index (χ4v) is 2.05. The molecule has 6 nitrogen and oxygen atoms in total. The minimum atomic E-state index is -1.04. The monoisotopic (exact) mass is 247 g/mol. The molecule has 0 aliphatic rings. The lowest BCUT2D eigenvalue weighted by Crippen LogP contribution is -2.23. The Hall–Kier alpha value is -2.37. The summed E-state index contributed by atoms with van der Waals surface area (Å²) in [5.41, 5.74) is 1.31. The molecular weight excluding hydrogens is 234 g/mol. The summed E-state index contributed by atoms with van der Waals surface area (Å²) in [5.74, 6) is -1.04. The fraction of sp³-hybridized carbons (Fsp3) is 0.250. The number of aromatic carboxylic acids is 1. The minimum absolute atomic E-state index is 0.151. The van der Waals surface area contributed by atoms with Gasteiger partial charge in [-0.25, -0.2) is 4.79 Å². The Balaban J connectivity index is 2.80. The first-order chi connectivity index (χ1) is 8.41. The molecule has 0 unspecified atom stereocenters. The number of rotatable bonds is 2. The summed E-state index contributed by atoms with van der Waals surface area (Å²) in [6, 6.07) is 1.32. The van der Waals surface area contributed by atoms with Gasteiger partial charge in [0, 0.05) is 25.0 Å². The number of hydrogen-bond acceptors (Lipinski definition) is 3. The molecule has 0 bridgehead atoms. The highest BCUT2D eigenvalue weighted by Gasteiger charge is 2.17. The number of nitrogens with zero attached hydrogens (tertiary/aromatic N) is 3. The SMILES string of the molecule is Cc1cc(=O)n(-c2cnn(C)c2)c(C)c1C(=O)O. The summed E-state index contributed by atoms with van der Waals surface area (Å²) < 4.78 is 2.91. The molecule has 2 rings (SSSR count). The van der Waals surface area contributed by atoms with Gasteiger partial charge >= 0.3 is 5.97 Å². The second-order valence-corrected chi connectivity index (χ2v) is 4.14. The normalized spacial score (nSPS) is 10.6. The smallest absolute Gasteiger partial charge is 0.337 e. The molecule has 0 fully saturated rings. The van der Waals surface area contributed by atoms with Crippen molar-refractivity contribution < 1.29 is 9.90 Å². The number of pyridine rings is 1. The van der Waals surface area contributed by atoms with Gasteiger partial charge in [-0.1, -0.05) is 0 Å². The van der Waals surface area contributed by atoms with E-state index in [-0.39, 0.29) is 11.1 Å². The maximum atomic E-state index is 12.0. The highest BCUT2D eigenvalue weighted by atomic mass is 16.4. The van der Waals surface area contributed by atoms with Crippen LogP contribution < -0.4 is 5.56 Å². The van der Waals surface area contributed by atoms with Crippen molar-refractivity contribution in [3.8, 4) is 5.69 Å². The predicted molar refractivity (Wildman–Crippen MR) is 65.2 cm³/mol. The molecule has 0 amide bonds. The summed E-state index contributed by atoms with van der Waals surface area (Å²) in [4.78, 5) is 23.2. The molecule has 18 heavy (non-hydrogen) atoms. The zero-order valence-corrected chi connectivity index (χ0v) is 10.3. The second-order valence-electron chi connectivity index (χ2n) is 4.14. The van der Waals surface area contributed by atoms with E-state index >= 15 is 0 Å². The van der Waals surface area contributed by atoms with E-state index in [1.165, 1.54) is 16.8 Å². The largest absolute Gasteiger partial charge is 0.478 e. The van der Waals surface area contributed by atoms with Crippen molar-refractivity contribution in [2.24, 2.45) is 7.05 Å². The average molecular weight is 247 g/mol. The van der Waals surface area contributed by atoms with Gasteiger partial charge in [0.2, 0.25) is 0 Å². The first-order valence-electron chi connectivity index (χ1n) is 5.37. The Morgan fingerprint density at radius 3 is 2.56 bits per heavy atom. The van der Waals surface area contributed by atoms with Crippen LogP contribution in [-0.2, 0) is 7.05 Å². The number of carboxylic acids is 1. The van der Waals surface area contributed by atoms with Crippen LogP contribution in [0.1, 0.15) is 21.6 Å². The van der Waals surface area contributed by atoms with Crippen LogP contribution in [0.4, 0.5) is 0 Å². The molecule has 2 aromatic rings. The number of hydrogen-bond donors (Lipinski definition) is 1. The van der Waals surface area contributed by atoms with Crippen LogP contribution in [-0.4, -0.2) is 25.4 Å². The summed E-state index contributed by atoms with van der Waals surface area (Å²) in [7, 11) is 1.73. The van der Waals surface area contributed by atoms with Crippen molar-refractivity contribution in [1.29, 1.82) is 0 Å². The molecule has 94 valence electrons. The summed E-state index contributed by atoms with van der Waals surface area (Å²) in [5, 5.41) is 13.2. The third-order valence-corrected chi connectivity index (χ3v) is 2.82. The van der Waals surface area contributed by atoms with Gasteiger partial charge in [-0.05, 0) is 19.4 Å². The second kappa shape index (κ2) is 4.14. The molecule has 0 aliphatic heterocycles. The standard InChI is InChI=1S/C12H13N3O3/c1-7-4-10(16)15(8(2)11(7)12(17)18)9-5-13-14(3)6-9/h4-6H,1-3H3,(H,17,18). The van der Waals surface area contributed by atoms with Crippen LogP contribution in [0.2, 0.25) is 0 Å². The average Bonchev–Trinajstić information content (AvgIpc) is 2.63. The Morgan fingerprint density at radius 1 is 1.39 bits per heavy atom. The Labute approximate surface area is 103 Å². The van der Waals surface area contributed by atoms with Crippen LogP contribution in [0.3, 0.4) is 0 Å². The van der Waals surface area contributed by atoms with Crippen molar-refractivity contribution in [2.45, 2.75) is 13.8 Å². The molecule has 6 heteroatoms. The Morgan fingerprint density at radius 2 is 2.06 bits per heavy atom. The maximum absolute atomic E-state index is 12.0. The first kappa shape index (κ1) is 12.1. The molecule has 0 aromatic carbocycles. The topological polar surface area (TPSA) is 77.1 Å². The van der Waals surface area contributed by atoms with Crippen molar-refractivity contribution in [1.82, 2.24) is 14.3 Å². The molecule has 0 saturated carbocycles. The van der Waals surface area contributed by atoms with Crippen LogP contribution in [0.15, 0.2) is 23.3 Å². The van der Waals surface area contributed by atoms with Crippen LogP contribution in [0.25, 0.3) is 5.69 Å². The number of aromatic nitrogens is 3. The first-order valence-corrected chi connectivity index (χ1v) is 5.37. The van der Waals surface area contributed by atoms with E-state index in [2.05, 4.69) is 5.10 Å². The van der Waals surface area contributed by atoms with Gasteiger partial charge in [-0.3, -0.25) is 14.0 Å². The lowest BCUT2D eigenvalue weighted by Gasteiger charge is -2.12. The third-order valence-electron chi connectivity index (χ3n) is 2.82. The van der Waals surface area contributed by atoms with Crippen molar-refractivity contribution in [3.05, 3.63) is 45.6 Å². The predicted octanol–water partition coefficient (Wildman–Crippen LogP) is 0.886. The van der Waals surface area contributed by atoms with E-state index in [1.54, 1.807) is 31.8 Å². The van der Waals surface area contributed by atoms with Crippen molar-refractivity contribution >= 4 is 5.97 Å². The van der Waals surface area contributed by atoms with E-state index in [1.807, 2.05) is 0 Å². The zero-order chi connectivity index (χ0) is 13.4. The van der Waals surface area contributed by atoms with Crippen LogP contribution in [0.5, 0.6) is 0 Å². The van der Waals surface area contributed by atoms with Gasteiger partial charge in [-0.15, -0.1) is 0 Å². The highest BCUT2D eigenvalue weighted by Crippen LogP contribution is 2.15. The van der Waals surface area contributed by atoms with Crippen LogP contribution >= 0.6 is 0 Å². The Kier molecular flexibility index (Phi) is 2.78. The number of aryl methyl sites for hydroxylation is 2. The molecule has 1 N–H and O–H groups in total. The van der Waals surface area contributed by atoms with Gasteiger partial charge < -0.3 is 5.11 Å². The van der Waals surface area contributed by atoms with E-state index in [0.717, 1.165) is 0 Å². The molecule has 2 heterocycles. The molecule has 0 atom stereocenters. The highest BCUT2D eigenvalue weighted by molar-refractivity contribution is 5.90. The fourth-order valence-electron chi connectivity index (χ4n) is 2.05. The lowest BCUT2D eigenvalue weighted by molar-refractivity contribution is 0.0694. The van der Waals surface area contributed by atoms with E-state index in [0.29, 0.717) is 16.9 Å². The van der Waals surface area contributed by atoms with Gasteiger partial charge in [0.05, 0.1) is 17.4 Å². The summed E-state index contributed by atoms with van der Waals surface area (Å²) in [6.45, 7) is 3.23. The zero-order valence-electron chi connectivity index (χ0n) is 10.3. The van der Waals surface area contributed by atoms with Gasteiger partial charge in [0.25, 0.3) is 5.56 Å². The molecule has 0 spiro atoms. The van der Waals surface area contributed by atoms with Gasteiger partial charge in [0.1, 0.15) is 0 Å². The van der Waals surface area contributed by atoms with Crippen molar-refractivity contribution in [3.63, 3.8) is 0 Å². The molecule has 0 aliphatic carbocycles. The molecule has 2 aromatic heterocycles. The third kappa shape index (κ3) is 1.81. The molecular formula is C12H13N3O3. The Bertz CT molecular complexity index is 682. The number of carbonyl (C=O) groups is 1. The summed E-state index contributed by atoms with van der Waals surface area (Å²) in [6.07, 6.45) is 3.19. The quantitative estimate of drug-likeness (QED) is 0.854. The van der Waals surface area contributed by atoms with Crippen molar-refractivity contribution in [2.75, 3.05) is 0 Å². The number of carboxylic acid groups (broad SMARTS) is 1. The molecule has 0 radical (unpaired) electrons. The lowest BCUT2D eigenvalue weighted by atomic mass is 10.1. The van der Waals surface area contributed by atoms with E-state index < -0.39 is 5.97 Å². The minimum Gasteiger partial charge on any atom is -0.478 e. The van der Waals surface area contributed by atoms with Gasteiger partial charge in [0.15, 0.2) is 0 Å². The van der Waals surface area contributed by atoms with Gasteiger partial charge in [-0.2, -0.15) is 5.10 Å². The maximum Gasteiger partial charge on any atom is 0.337 e.